The van der Waals surface area contributed by atoms with Gasteiger partial charge in [-0.15, -0.1) is 0 Å². The topological polar surface area (TPSA) is 88.6 Å². The van der Waals surface area contributed by atoms with Crippen molar-refractivity contribution in [1.29, 1.82) is 0 Å². The molecule has 8 nitrogen and oxygen atoms in total. The molecule has 0 bridgehead atoms. The molecular formula is C17H21N5O3. The van der Waals surface area contributed by atoms with Crippen molar-refractivity contribution in [2.75, 3.05) is 42.8 Å². The lowest BCUT2D eigenvalue weighted by Crippen LogP contribution is -2.22. The largest absolute Gasteiger partial charge is 0.497 e. The van der Waals surface area contributed by atoms with Crippen molar-refractivity contribution in [3.05, 3.63) is 30.6 Å². The first-order chi connectivity index (χ1) is 12.2. The van der Waals surface area contributed by atoms with Gasteiger partial charge < -0.3 is 19.7 Å². The van der Waals surface area contributed by atoms with Gasteiger partial charge in [0, 0.05) is 43.0 Å². The lowest BCUT2D eigenvalue weighted by molar-refractivity contribution is 0.262. The molecule has 0 aliphatic carbocycles. The highest BCUT2D eigenvalue weighted by Crippen LogP contribution is 2.26. The number of aromatic nitrogens is 2. The van der Waals surface area contributed by atoms with Crippen LogP contribution in [0.5, 0.6) is 11.5 Å². The molecule has 0 radical (unpaired) electrons. The molecule has 0 atom stereocenters. The lowest BCUT2D eigenvalue weighted by Gasteiger charge is -2.16. The van der Waals surface area contributed by atoms with Crippen LogP contribution in [0.15, 0.2) is 30.6 Å². The summed E-state index contributed by atoms with van der Waals surface area (Å²) in [5.74, 6) is 2.45. The average molecular weight is 343 g/mol. The Morgan fingerprint density at radius 2 is 1.68 bits per heavy atom. The van der Waals surface area contributed by atoms with E-state index in [1.54, 1.807) is 38.5 Å². The maximum Gasteiger partial charge on any atom is 0.324 e. The molecule has 1 aromatic heterocycles. The van der Waals surface area contributed by atoms with Gasteiger partial charge in [0.25, 0.3) is 0 Å². The summed E-state index contributed by atoms with van der Waals surface area (Å²) >= 11 is 0. The number of hydrogen-bond donors (Lipinski definition) is 2. The number of carbonyl (C=O) groups excluding carboxylic acids is 1. The van der Waals surface area contributed by atoms with Crippen LogP contribution >= 0.6 is 0 Å². The van der Waals surface area contributed by atoms with E-state index in [0.29, 0.717) is 23.0 Å². The zero-order valence-corrected chi connectivity index (χ0v) is 14.3. The molecule has 3 rings (SSSR count). The zero-order chi connectivity index (χ0) is 17.6. The Kier molecular flexibility index (Phi) is 5.17. The van der Waals surface area contributed by atoms with Gasteiger partial charge in [-0.3, -0.25) is 5.32 Å². The Balaban J connectivity index is 1.67. The van der Waals surface area contributed by atoms with Crippen molar-refractivity contribution in [2.24, 2.45) is 0 Å². The van der Waals surface area contributed by atoms with Crippen LogP contribution < -0.4 is 25.0 Å². The minimum atomic E-state index is -0.402. The van der Waals surface area contributed by atoms with Gasteiger partial charge in [-0.1, -0.05) is 0 Å². The van der Waals surface area contributed by atoms with E-state index in [2.05, 4.69) is 25.5 Å². The third kappa shape index (κ3) is 4.28. The zero-order valence-electron chi connectivity index (χ0n) is 14.3. The van der Waals surface area contributed by atoms with Crippen molar-refractivity contribution in [1.82, 2.24) is 9.97 Å². The van der Waals surface area contributed by atoms with Crippen LogP contribution in [-0.4, -0.2) is 43.3 Å². The molecule has 1 aliphatic rings. The highest BCUT2D eigenvalue weighted by Gasteiger charge is 2.15. The van der Waals surface area contributed by atoms with Crippen molar-refractivity contribution < 1.29 is 14.3 Å². The van der Waals surface area contributed by atoms with E-state index in [0.717, 1.165) is 31.7 Å². The third-order valence-corrected chi connectivity index (χ3v) is 3.93. The molecule has 2 N–H and O–H groups in total. The van der Waals surface area contributed by atoms with Crippen LogP contribution in [0.1, 0.15) is 12.8 Å². The summed E-state index contributed by atoms with van der Waals surface area (Å²) in [4.78, 5) is 22.8. The van der Waals surface area contributed by atoms with Crippen molar-refractivity contribution >= 4 is 23.4 Å². The number of nitrogens with one attached hydrogen (secondary N) is 2. The van der Waals surface area contributed by atoms with Gasteiger partial charge in [-0.2, -0.15) is 0 Å². The van der Waals surface area contributed by atoms with Crippen LogP contribution in [0.3, 0.4) is 0 Å². The van der Waals surface area contributed by atoms with Gasteiger partial charge in [0.05, 0.1) is 14.2 Å². The number of nitrogens with zero attached hydrogens (tertiary/aromatic N) is 3. The predicted octanol–water partition coefficient (Wildman–Crippen LogP) is 2.74. The molecule has 0 saturated carbocycles. The predicted molar refractivity (Wildman–Crippen MR) is 95.7 cm³/mol. The number of benzene rings is 1. The monoisotopic (exact) mass is 343 g/mol. The van der Waals surface area contributed by atoms with Crippen molar-refractivity contribution in [2.45, 2.75) is 12.8 Å². The summed E-state index contributed by atoms with van der Waals surface area (Å²) in [6, 6.07) is 6.52. The van der Waals surface area contributed by atoms with Gasteiger partial charge >= 0.3 is 6.03 Å². The highest BCUT2D eigenvalue weighted by atomic mass is 16.5. The smallest absolute Gasteiger partial charge is 0.324 e. The van der Waals surface area contributed by atoms with E-state index >= 15 is 0 Å². The summed E-state index contributed by atoms with van der Waals surface area (Å²) < 4.78 is 10.4. The number of anilines is 3. The molecule has 1 aromatic carbocycles. The molecule has 132 valence electrons. The minimum absolute atomic E-state index is 0.402. The number of methoxy groups -OCH3 is 2. The fourth-order valence-corrected chi connectivity index (χ4v) is 2.69. The van der Waals surface area contributed by atoms with E-state index in [-0.39, 0.29) is 0 Å². The van der Waals surface area contributed by atoms with Crippen molar-refractivity contribution in [3.8, 4) is 11.5 Å². The third-order valence-electron chi connectivity index (χ3n) is 3.93. The van der Waals surface area contributed by atoms with Gasteiger partial charge in [-0.25, -0.2) is 14.8 Å². The van der Waals surface area contributed by atoms with Crippen LogP contribution in [0.2, 0.25) is 0 Å². The molecule has 2 aromatic rings. The molecule has 1 fully saturated rings. The van der Waals surface area contributed by atoms with Gasteiger partial charge in [0.2, 0.25) is 0 Å². The Hall–Kier alpha value is -3.03. The molecule has 1 saturated heterocycles. The van der Waals surface area contributed by atoms with Crippen LogP contribution in [0.4, 0.5) is 22.1 Å². The number of hydrogen-bond acceptors (Lipinski definition) is 6. The SMILES string of the molecule is COc1cc(NC(=O)Nc2cc(N3CCCC3)ncn2)cc(OC)c1. The molecule has 1 aliphatic heterocycles. The van der Waals surface area contributed by atoms with Gasteiger partial charge in [0.15, 0.2) is 0 Å². The molecule has 2 heterocycles. The van der Waals surface area contributed by atoms with Crippen LogP contribution in [0, 0.1) is 0 Å². The maximum absolute atomic E-state index is 12.2. The standard InChI is InChI=1S/C17H21N5O3/c1-24-13-7-12(8-14(9-13)25-2)20-17(23)21-15-10-16(19-11-18-15)22-5-3-4-6-22/h7-11H,3-6H2,1-2H3,(H2,18,19,20,21,23). The van der Waals surface area contributed by atoms with Crippen LogP contribution in [-0.2, 0) is 0 Å². The molecule has 25 heavy (non-hydrogen) atoms. The first kappa shape index (κ1) is 16.8. The number of carbonyl (C=O) groups is 1. The fourth-order valence-electron chi connectivity index (χ4n) is 2.69. The number of urea groups is 1. The van der Waals surface area contributed by atoms with Crippen LogP contribution in [0.25, 0.3) is 0 Å². The second-order valence-electron chi connectivity index (χ2n) is 5.64. The quantitative estimate of drug-likeness (QED) is 0.868. The van der Waals surface area contributed by atoms with Gasteiger partial charge in [0.1, 0.15) is 29.5 Å². The molecule has 0 spiro atoms. The van der Waals surface area contributed by atoms with E-state index < -0.39 is 6.03 Å². The van der Waals surface area contributed by atoms with E-state index in [9.17, 15) is 4.79 Å². The molecule has 8 heteroatoms. The maximum atomic E-state index is 12.2. The summed E-state index contributed by atoms with van der Waals surface area (Å²) in [5.41, 5.74) is 0.558. The normalized spacial score (nSPS) is 13.4. The fraction of sp³-hybridized carbons (Fsp3) is 0.353. The van der Waals surface area contributed by atoms with E-state index in [4.69, 9.17) is 9.47 Å². The first-order valence-electron chi connectivity index (χ1n) is 8.06. The minimum Gasteiger partial charge on any atom is -0.497 e. The molecule has 2 amide bonds. The molecule has 0 unspecified atom stereocenters. The lowest BCUT2D eigenvalue weighted by atomic mass is 10.3. The van der Waals surface area contributed by atoms with Gasteiger partial charge in [-0.05, 0) is 12.8 Å². The second kappa shape index (κ2) is 7.69. The first-order valence-corrected chi connectivity index (χ1v) is 8.06. The second-order valence-corrected chi connectivity index (χ2v) is 5.64. The summed E-state index contributed by atoms with van der Waals surface area (Å²) in [6.07, 6.45) is 3.77. The van der Waals surface area contributed by atoms with Crippen molar-refractivity contribution in [3.63, 3.8) is 0 Å². The Labute approximate surface area is 146 Å². The Bertz CT molecular complexity index is 725. The Morgan fingerprint density at radius 1 is 1.00 bits per heavy atom. The Morgan fingerprint density at radius 3 is 2.32 bits per heavy atom. The van der Waals surface area contributed by atoms with E-state index in [1.807, 2.05) is 0 Å². The summed E-state index contributed by atoms with van der Waals surface area (Å²) in [7, 11) is 3.11. The summed E-state index contributed by atoms with van der Waals surface area (Å²) in [5, 5.41) is 5.46. The number of ether oxygens (including phenoxy) is 2. The van der Waals surface area contributed by atoms with E-state index in [1.165, 1.54) is 6.33 Å². The molecular weight excluding hydrogens is 322 g/mol. The summed E-state index contributed by atoms with van der Waals surface area (Å²) in [6.45, 7) is 1.96. The highest BCUT2D eigenvalue weighted by molar-refractivity contribution is 5.99. The number of rotatable bonds is 5. The number of amides is 2. The average Bonchev–Trinajstić information content (AvgIpc) is 3.16.